The van der Waals surface area contributed by atoms with Gasteiger partial charge in [0.05, 0.1) is 6.61 Å². The lowest BCUT2D eigenvalue weighted by atomic mass is 10.2. The molecule has 0 aliphatic carbocycles. The van der Waals surface area contributed by atoms with Crippen molar-refractivity contribution >= 4 is 27.6 Å². The molecule has 106 valence electrons. The number of hydrogen-bond donors (Lipinski definition) is 2. The van der Waals surface area contributed by atoms with E-state index in [1.807, 2.05) is 13.0 Å². The van der Waals surface area contributed by atoms with Crippen LogP contribution in [0.1, 0.15) is 12.0 Å². The Morgan fingerprint density at radius 1 is 1.58 bits per heavy atom. The van der Waals surface area contributed by atoms with E-state index in [9.17, 15) is 0 Å². The van der Waals surface area contributed by atoms with Gasteiger partial charge in [0.25, 0.3) is 0 Å². The second kappa shape index (κ2) is 7.96. The van der Waals surface area contributed by atoms with Gasteiger partial charge in [-0.25, -0.2) is 4.98 Å². The first-order valence-corrected chi connectivity index (χ1v) is 6.70. The van der Waals surface area contributed by atoms with Crippen LogP contribution >= 0.6 is 15.9 Å². The van der Waals surface area contributed by atoms with Gasteiger partial charge in [0, 0.05) is 37.3 Å². The monoisotopic (exact) mass is 330 g/mol. The van der Waals surface area contributed by atoms with Gasteiger partial charge in [-0.05, 0) is 34.5 Å². The topological polar surface area (TPSA) is 84.0 Å². The summed E-state index contributed by atoms with van der Waals surface area (Å²) >= 11 is 3.39. The number of nitrogens with zero attached hydrogens (tertiary/aromatic N) is 3. The molecule has 1 rings (SSSR count). The molecule has 19 heavy (non-hydrogen) atoms. The van der Waals surface area contributed by atoms with Crippen LogP contribution in [-0.4, -0.2) is 42.8 Å². The van der Waals surface area contributed by atoms with Crippen LogP contribution in [0.2, 0.25) is 0 Å². The van der Waals surface area contributed by atoms with Crippen molar-refractivity contribution in [3.8, 4) is 0 Å². The Hall–Kier alpha value is -1.34. The van der Waals surface area contributed by atoms with Gasteiger partial charge in [-0.2, -0.15) is 0 Å². The van der Waals surface area contributed by atoms with E-state index < -0.39 is 0 Å². The van der Waals surface area contributed by atoms with Crippen LogP contribution in [0, 0.1) is 6.92 Å². The largest absolute Gasteiger partial charge is 0.409 e. The molecule has 0 aliphatic rings. The predicted molar refractivity (Wildman–Crippen MR) is 78.8 cm³/mol. The number of amidine groups is 1. The number of aryl methyl sites for hydroxylation is 1. The van der Waals surface area contributed by atoms with Crippen LogP contribution in [0.4, 0.5) is 5.82 Å². The summed E-state index contributed by atoms with van der Waals surface area (Å²) in [5.74, 6) is 1.09. The van der Waals surface area contributed by atoms with Gasteiger partial charge < -0.3 is 20.6 Å². The van der Waals surface area contributed by atoms with E-state index in [4.69, 9.17) is 15.7 Å². The molecule has 6 nitrogen and oxygen atoms in total. The molecule has 7 heteroatoms. The van der Waals surface area contributed by atoms with Gasteiger partial charge in [0.1, 0.15) is 11.7 Å². The van der Waals surface area contributed by atoms with E-state index in [0.29, 0.717) is 26.1 Å². The number of hydrogen-bond acceptors (Lipinski definition) is 5. The number of pyridine rings is 1. The molecule has 0 bridgehead atoms. The van der Waals surface area contributed by atoms with Crippen molar-refractivity contribution in [3.63, 3.8) is 0 Å². The molecular formula is C12H19BrN4O2. The molecule has 1 aromatic rings. The quantitative estimate of drug-likeness (QED) is 0.344. The Balaban J connectivity index is 2.82. The number of anilines is 1. The first kappa shape index (κ1) is 15.7. The number of aromatic nitrogens is 1. The molecule has 0 unspecified atom stereocenters. The van der Waals surface area contributed by atoms with E-state index in [0.717, 1.165) is 15.9 Å². The van der Waals surface area contributed by atoms with Crippen molar-refractivity contribution in [1.29, 1.82) is 0 Å². The summed E-state index contributed by atoms with van der Waals surface area (Å²) in [6.07, 6.45) is 2.23. The molecule has 0 saturated carbocycles. The average molecular weight is 331 g/mol. The van der Waals surface area contributed by atoms with Crippen molar-refractivity contribution in [2.75, 3.05) is 31.7 Å². The fraction of sp³-hybridized carbons (Fsp3) is 0.500. The normalized spacial score (nSPS) is 11.6. The summed E-state index contributed by atoms with van der Waals surface area (Å²) < 4.78 is 6.04. The van der Waals surface area contributed by atoms with Gasteiger partial charge in [-0.15, -0.1) is 0 Å². The first-order valence-electron chi connectivity index (χ1n) is 5.91. The highest BCUT2D eigenvalue weighted by molar-refractivity contribution is 9.10. The third-order valence-electron chi connectivity index (χ3n) is 2.65. The highest BCUT2D eigenvalue weighted by Crippen LogP contribution is 2.20. The van der Waals surface area contributed by atoms with E-state index >= 15 is 0 Å². The number of rotatable bonds is 7. The summed E-state index contributed by atoms with van der Waals surface area (Å²) in [5, 5.41) is 11.6. The lowest BCUT2D eigenvalue weighted by Crippen LogP contribution is -2.32. The Labute approximate surface area is 121 Å². The number of oxime groups is 1. The molecule has 0 aromatic carbocycles. The zero-order valence-electron chi connectivity index (χ0n) is 11.1. The van der Waals surface area contributed by atoms with Crippen LogP contribution in [0.25, 0.3) is 0 Å². The highest BCUT2D eigenvalue weighted by atomic mass is 79.9. The van der Waals surface area contributed by atoms with Gasteiger partial charge in [-0.1, -0.05) is 5.16 Å². The van der Waals surface area contributed by atoms with Crippen LogP contribution < -0.4 is 10.6 Å². The first-order chi connectivity index (χ1) is 9.08. The molecule has 1 heterocycles. The van der Waals surface area contributed by atoms with Crippen molar-refractivity contribution in [2.45, 2.75) is 13.3 Å². The standard InChI is InChI=1S/C12H19BrN4O2/c1-9-7-10(13)8-15-12(9)17(5-6-19-2)4-3-11(14)16-18/h7-8,18H,3-6H2,1-2H3,(H2,14,16). The summed E-state index contributed by atoms with van der Waals surface area (Å²) in [7, 11) is 1.66. The van der Waals surface area contributed by atoms with Crippen LogP contribution in [0.5, 0.6) is 0 Å². The lowest BCUT2D eigenvalue weighted by Gasteiger charge is -2.24. The van der Waals surface area contributed by atoms with Crippen molar-refractivity contribution < 1.29 is 9.94 Å². The molecule has 0 radical (unpaired) electrons. The SMILES string of the molecule is COCCN(CCC(N)=NO)c1ncc(Br)cc1C. The fourth-order valence-corrected chi connectivity index (χ4v) is 2.13. The third kappa shape index (κ3) is 5.04. The van der Waals surface area contributed by atoms with E-state index in [1.165, 1.54) is 0 Å². The second-order valence-electron chi connectivity index (χ2n) is 4.12. The minimum absolute atomic E-state index is 0.206. The Morgan fingerprint density at radius 2 is 2.32 bits per heavy atom. The highest BCUT2D eigenvalue weighted by Gasteiger charge is 2.11. The minimum Gasteiger partial charge on any atom is -0.409 e. The van der Waals surface area contributed by atoms with E-state index in [2.05, 4.69) is 31.0 Å². The van der Waals surface area contributed by atoms with Crippen LogP contribution in [-0.2, 0) is 4.74 Å². The van der Waals surface area contributed by atoms with Crippen LogP contribution in [0.3, 0.4) is 0 Å². The maximum Gasteiger partial charge on any atom is 0.140 e. The molecule has 1 aromatic heterocycles. The Kier molecular flexibility index (Phi) is 6.58. The van der Waals surface area contributed by atoms with Crippen molar-refractivity contribution in [1.82, 2.24) is 4.98 Å². The van der Waals surface area contributed by atoms with Gasteiger partial charge in [0.2, 0.25) is 0 Å². The molecular weight excluding hydrogens is 312 g/mol. The zero-order valence-corrected chi connectivity index (χ0v) is 12.7. The smallest absolute Gasteiger partial charge is 0.140 e. The molecule has 0 aliphatic heterocycles. The van der Waals surface area contributed by atoms with Crippen molar-refractivity contribution in [2.24, 2.45) is 10.9 Å². The maximum absolute atomic E-state index is 8.58. The molecule has 0 spiro atoms. The number of nitrogens with two attached hydrogens (primary N) is 1. The lowest BCUT2D eigenvalue weighted by molar-refractivity contribution is 0.205. The maximum atomic E-state index is 8.58. The summed E-state index contributed by atoms with van der Waals surface area (Å²) in [4.78, 5) is 6.47. The average Bonchev–Trinajstić information content (AvgIpc) is 2.39. The van der Waals surface area contributed by atoms with Gasteiger partial charge in [-0.3, -0.25) is 0 Å². The second-order valence-corrected chi connectivity index (χ2v) is 5.03. The minimum atomic E-state index is 0.206. The number of methoxy groups -OCH3 is 1. The Bertz CT molecular complexity index is 440. The summed E-state index contributed by atoms with van der Waals surface area (Å²) in [5.41, 5.74) is 6.56. The molecule has 0 saturated heterocycles. The van der Waals surface area contributed by atoms with Gasteiger partial charge in [0.15, 0.2) is 0 Å². The molecule has 0 fully saturated rings. The van der Waals surface area contributed by atoms with Crippen LogP contribution in [0.15, 0.2) is 21.9 Å². The fourth-order valence-electron chi connectivity index (χ4n) is 1.69. The van der Waals surface area contributed by atoms with E-state index in [1.54, 1.807) is 13.3 Å². The summed E-state index contributed by atoms with van der Waals surface area (Å²) in [6, 6.07) is 2.01. The zero-order chi connectivity index (χ0) is 14.3. The van der Waals surface area contributed by atoms with E-state index in [-0.39, 0.29) is 5.84 Å². The predicted octanol–water partition coefficient (Wildman–Crippen LogP) is 1.74. The number of halogens is 1. The molecule has 0 amide bonds. The summed E-state index contributed by atoms with van der Waals surface area (Å²) in [6.45, 7) is 3.91. The van der Waals surface area contributed by atoms with Crippen molar-refractivity contribution in [3.05, 3.63) is 22.3 Å². The molecule has 0 atom stereocenters. The molecule has 3 N–H and O–H groups in total. The Morgan fingerprint density at radius 3 is 2.89 bits per heavy atom. The number of ether oxygens (including phenoxy) is 1. The third-order valence-corrected chi connectivity index (χ3v) is 3.08. The van der Waals surface area contributed by atoms with Gasteiger partial charge >= 0.3 is 0 Å².